The standard InChI is InChI=1S/C14H14N6O/c21-14(6-9-20-10-8-16-19-20)17-12-3-1-11(2-4-12)13-5-7-15-18-13/h1-5,7-8,10H,6,9H2,(H,15,18)(H,17,21). The van der Waals surface area contributed by atoms with E-state index in [0.717, 1.165) is 16.9 Å². The van der Waals surface area contributed by atoms with Gasteiger partial charge in [0.2, 0.25) is 5.91 Å². The number of nitrogens with zero attached hydrogens (tertiary/aromatic N) is 4. The van der Waals surface area contributed by atoms with E-state index in [-0.39, 0.29) is 5.91 Å². The lowest BCUT2D eigenvalue weighted by molar-refractivity contribution is -0.116. The number of H-pyrrole nitrogens is 1. The first-order chi connectivity index (χ1) is 10.3. The van der Waals surface area contributed by atoms with Crippen molar-refractivity contribution in [2.24, 2.45) is 0 Å². The molecule has 3 aromatic rings. The second-order valence-corrected chi connectivity index (χ2v) is 4.51. The van der Waals surface area contributed by atoms with Crippen molar-refractivity contribution in [2.75, 3.05) is 5.32 Å². The van der Waals surface area contributed by atoms with Gasteiger partial charge < -0.3 is 5.32 Å². The fourth-order valence-corrected chi connectivity index (χ4v) is 1.94. The number of aromatic amines is 1. The molecule has 0 aliphatic heterocycles. The van der Waals surface area contributed by atoms with Gasteiger partial charge in [0, 0.05) is 24.5 Å². The molecule has 0 aliphatic rings. The average Bonchev–Trinajstić information content (AvgIpc) is 3.19. The molecule has 0 aliphatic carbocycles. The molecule has 2 aromatic heterocycles. The van der Waals surface area contributed by atoms with Gasteiger partial charge in [-0.3, -0.25) is 14.6 Å². The zero-order chi connectivity index (χ0) is 14.5. The minimum Gasteiger partial charge on any atom is -0.326 e. The molecule has 0 bridgehead atoms. The van der Waals surface area contributed by atoms with Crippen LogP contribution in [-0.2, 0) is 11.3 Å². The number of aromatic nitrogens is 5. The van der Waals surface area contributed by atoms with Crippen LogP contribution >= 0.6 is 0 Å². The molecule has 21 heavy (non-hydrogen) atoms. The minimum absolute atomic E-state index is 0.0557. The summed E-state index contributed by atoms with van der Waals surface area (Å²) in [6, 6.07) is 9.49. The van der Waals surface area contributed by atoms with Gasteiger partial charge >= 0.3 is 0 Å². The van der Waals surface area contributed by atoms with Crippen molar-refractivity contribution < 1.29 is 4.79 Å². The van der Waals surface area contributed by atoms with Crippen molar-refractivity contribution in [1.82, 2.24) is 25.2 Å². The van der Waals surface area contributed by atoms with E-state index in [0.29, 0.717) is 13.0 Å². The lowest BCUT2D eigenvalue weighted by atomic mass is 10.1. The molecular formula is C14H14N6O. The minimum atomic E-state index is -0.0557. The number of rotatable bonds is 5. The summed E-state index contributed by atoms with van der Waals surface area (Å²) in [5.74, 6) is -0.0557. The molecule has 0 spiro atoms. The SMILES string of the molecule is O=C(CCn1ccnn1)Nc1ccc(-c2ccn[nH]2)cc1. The van der Waals surface area contributed by atoms with Crippen LogP contribution < -0.4 is 5.32 Å². The van der Waals surface area contributed by atoms with Crippen LogP contribution in [0.5, 0.6) is 0 Å². The third-order valence-electron chi connectivity index (χ3n) is 3.02. The number of carbonyl (C=O) groups excluding carboxylic acids is 1. The normalized spacial score (nSPS) is 10.5. The van der Waals surface area contributed by atoms with Gasteiger partial charge in [0.15, 0.2) is 0 Å². The summed E-state index contributed by atoms with van der Waals surface area (Å²) in [6.45, 7) is 0.512. The molecule has 7 nitrogen and oxygen atoms in total. The van der Waals surface area contributed by atoms with E-state index in [9.17, 15) is 4.79 Å². The Morgan fingerprint density at radius 2 is 2.05 bits per heavy atom. The van der Waals surface area contributed by atoms with Crippen LogP contribution in [0, 0.1) is 0 Å². The van der Waals surface area contributed by atoms with Gasteiger partial charge in [-0.1, -0.05) is 17.3 Å². The molecule has 2 N–H and O–H groups in total. The third-order valence-corrected chi connectivity index (χ3v) is 3.02. The van der Waals surface area contributed by atoms with Crippen LogP contribution in [0.2, 0.25) is 0 Å². The predicted octanol–water partition coefficient (Wildman–Crippen LogP) is 1.70. The highest BCUT2D eigenvalue weighted by Gasteiger charge is 2.04. The van der Waals surface area contributed by atoms with Crippen LogP contribution in [0.15, 0.2) is 48.9 Å². The summed E-state index contributed by atoms with van der Waals surface area (Å²) in [4.78, 5) is 11.8. The third kappa shape index (κ3) is 3.33. The first-order valence-electron chi connectivity index (χ1n) is 6.55. The maximum Gasteiger partial charge on any atom is 0.226 e. The Bertz CT molecular complexity index is 688. The lowest BCUT2D eigenvalue weighted by Crippen LogP contribution is -2.14. The number of hydrogen-bond donors (Lipinski definition) is 2. The number of benzene rings is 1. The van der Waals surface area contributed by atoms with Crippen molar-refractivity contribution >= 4 is 11.6 Å². The summed E-state index contributed by atoms with van der Waals surface area (Å²) in [7, 11) is 0. The summed E-state index contributed by atoms with van der Waals surface area (Å²) >= 11 is 0. The highest BCUT2D eigenvalue weighted by atomic mass is 16.1. The second-order valence-electron chi connectivity index (χ2n) is 4.51. The largest absolute Gasteiger partial charge is 0.326 e. The molecule has 0 saturated heterocycles. The molecule has 0 atom stereocenters. The van der Waals surface area contributed by atoms with Crippen LogP contribution in [0.3, 0.4) is 0 Å². The summed E-state index contributed by atoms with van der Waals surface area (Å²) in [5.41, 5.74) is 2.73. The molecular weight excluding hydrogens is 268 g/mol. The molecule has 2 heterocycles. The summed E-state index contributed by atoms with van der Waals surface area (Å²) < 4.78 is 1.63. The highest BCUT2D eigenvalue weighted by Crippen LogP contribution is 2.18. The quantitative estimate of drug-likeness (QED) is 0.745. The van der Waals surface area contributed by atoms with E-state index in [1.54, 1.807) is 23.3 Å². The highest BCUT2D eigenvalue weighted by molar-refractivity contribution is 5.90. The smallest absolute Gasteiger partial charge is 0.226 e. The maximum absolute atomic E-state index is 11.8. The van der Waals surface area contributed by atoms with Crippen LogP contribution in [-0.4, -0.2) is 31.1 Å². The Morgan fingerprint density at radius 1 is 1.19 bits per heavy atom. The van der Waals surface area contributed by atoms with Crippen molar-refractivity contribution in [2.45, 2.75) is 13.0 Å². The Morgan fingerprint density at radius 3 is 2.71 bits per heavy atom. The number of aryl methyl sites for hydroxylation is 1. The number of anilines is 1. The Hall–Kier alpha value is -2.96. The van der Waals surface area contributed by atoms with Crippen molar-refractivity contribution in [3.63, 3.8) is 0 Å². The van der Waals surface area contributed by atoms with Crippen molar-refractivity contribution in [1.29, 1.82) is 0 Å². The molecule has 0 radical (unpaired) electrons. The predicted molar refractivity (Wildman–Crippen MR) is 77.3 cm³/mol. The summed E-state index contributed by atoms with van der Waals surface area (Å²) in [5, 5.41) is 17.2. The van der Waals surface area contributed by atoms with E-state index < -0.39 is 0 Å². The first-order valence-corrected chi connectivity index (χ1v) is 6.55. The zero-order valence-electron chi connectivity index (χ0n) is 11.2. The molecule has 0 unspecified atom stereocenters. The average molecular weight is 282 g/mol. The van der Waals surface area contributed by atoms with Crippen LogP contribution in [0.1, 0.15) is 6.42 Å². The van der Waals surface area contributed by atoms with Gasteiger partial charge in [0.05, 0.1) is 18.4 Å². The van der Waals surface area contributed by atoms with Gasteiger partial charge in [-0.05, 0) is 23.8 Å². The molecule has 3 rings (SSSR count). The number of carbonyl (C=O) groups is 1. The van der Waals surface area contributed by atoms with Gasteiger partial charge in [-0.15, -0.1) is 5.10 Å². The number of nitrogens with one attached hydrogen (secondary N) is 2. The maximum atomic E-state index is 11.8. The lowest BCUT2D eigenvalue weighted by Gasteiger charge is -2.06. The van der Waals surface area contributed by atoms with E-state index in [1.165, 1.54) is 0 Å². The topological polar surface area (TPSA) is 88.5 Å². The molecule has 1 aromatic carbocycles. The molecule has 1 amide bonds. The van der Waals surface area contributed by atoms with Crippen LogP contribution in [0.25, 0.3) is 11.3 Å². The molecule has 0 saturated carbocycles. The Kier molecular flexibility index (Phi) is 3.72. The fraction of sp³-hybridized carbons (Fsp3) is 0.143. The first kappa shape index (κ1) is 13.0. The molecule has 106 valence electrons. The van der Waals surface area contributed by atoms with E-state index >= 15 is 0 Å². The monoisotopic (exact) mass is 282 g/mol. The number of hydrogen-bond acceptors (Lipinski definition) is 4. The second kappa shape index (κ2) is 6.00. The fourth-order valence-electron chi connectivity index (χ4n) is 1.94. The van der Waals surface area contributed by atoms with Crippen molar-refractivity contribution in [3.8, 4) is 11.3 Å². The van der Waals surface area contributed by atoms with E-state index in [4.69, 9.17) is 0 Å². The summed E-state index contributed by atoms with van der Waals surface area (Å²) in [6.07, 6.45) is 5.37. The van der Waals surface area contributed by atoms with Gasteiger partial charge in [0.25, 0.3) is 0 Å². The zero-order valence-corrected chi connectivity index (χ0v) is 11.2. The van der Waals surface area contributed by atoms with Gasteiger partial charge in [-0.2, -0.15) is 5.10 Å². The van der Waals surface area contributed by atoms with E-state index in [1.807, 2.05) is 30.3 Å². The Balaban J connectivity index is 1.56. The van der Waals surface area contributed by atoms with Gasteiger partial charge in [-0.25, -0.2) is 0 Å². The van der Waals surface area contributed by atoms with Crippen molar-refractivity contribution in [3.05, 3.63) is 48.9 Å². The molecule has 7 heteroatoms. The van der Waals surface area contributed by atoms with Gasteiger partial charge in [0.1, 0.15) is 0 Å². The van der Waals surface area contributed by atoms with E-state index in [2.05, 4.69) is 25.8 Å². The van der Waals surface area contributed by atoms with Crippen LogP contribution in [0.4, 0.5) is 5.69 Å². The Labute approximate surface area is 121 Å². The molecule has 0 fully saturated rings. The number of amides is 1.